The van der Waals surface area contributed by atoms with Crippen LogP contribution in [0.15, 0.2) is 56.3 Å². The number of halogens is 4. The molecule has 2 heterocycles. The average Bonchev–Trinajstić information content (AvgIpc) is 2.78. The van der Waals surface area contributed by atoms with Crippen molar-refractivity contribution in [3.8, 4) is 0 Å². The van der Waals surface area contributed by atoms with E-state index in [1.807, 2.05) is 6.07 Å². The number of hydrazone groups is 1. The fourth-order valence-electron chi connectivity index (χ4n) is 4.13. The Morgan fingerprint density at radius 3 is 2.61 bits per heavy atom. The van der Waals surface area contributed by atoms with E-state index >= 15 is 0 Å². The highest BCUT2D eigenvalue weighted by molar-refractivity contribution is 9.10. The molecule has 3 rings (SSSR count). The van der Waals surface area contributed by atoms with Crippen molar-refractivity contribution >= 4 is 29.8 Å². The number of aromatic nitrogens is 1. The fraction of sp³-hybridized carbons (Fsp3) is 0.500. The zero-order valence-electron chi connectivity index (χ0n) is 20.9. The number of fused-ring (bicyclic) bond motifs is 1. The molecule has 36 heavy (non-hydrogen) atoms. The van der Waals surface area contributed by atoms with Gasteiger partial charge in [0.1, 0.15) is 0 Å². The molecule has 2 N–H and O–H groups in total. The van der Waals surface area contributed by atoms with Gasteiger partial charge in [0.25, 0.3) is 0 Å². The number of azo groups is 1. The van der Waals surface area contributed by atoms with Crippen LogP contribution in [0.1, 0.15) is 35.3 Å². The summed E-state index contributed by atoms with van der Waals surface area (Å²) in [5.41, 5.74) is 2.85. The third-order valence-electron chi connectivity index (χ3n) is 5.93. The molecule has 0 unspecified atom stereocenters. The summed E-state index contributed by atoms with van der Waals surface area (Å²) < 4.78 is 46.7. The van der Waals surface area contributed by atoms with Gasteiger partial charge in [0.2, 0.25) is 0 Å². The first-order chi connectivity index (χ1) is 16.9. The minimum Gasteiger partial charge on any atom is -0.358 e. The highest BCUT2D eigenvalue weighted by Gasteiger charge is 2.41. The van der Waals surface area contributed by atoms with Crippen LogP contribution < -0.4 is 5.84 Å². The molecule has 1 aliphatic heterocycles. The Bertz CT molecular complexity index is 1090. The first kappa shape index (κ1) is 28.4. The van der Waals surface area contributed by atoms with Gasteiger partial charge in [0.05, 0.1) is 18.3 Å². The lowest BCUT2D eigenvalue weighted by atomic mass is 9.85. The monoisotopic (exact) mass is 584 g/mol. The molecule has 0 amide bonds. The number of nitrogens with zero attached hydrogens (tertiary/aromatic N) is 5. The molecule has 0 radical (unpaired) electrons. The first-order valence-corrected chi connectivity index (χ1v) is 16.2. The van der Waals surface area contributed by atoms with Crippen LogP contribution in [-0.2, 0) is 11.2 Å². The largest absolute Gasteiger partial charge is 0.401 e. The minimum absolute atomic E-state index is 0.106. The molecule has 0 aliphatic carbocycles. The van der Waals surface area contributed by atoms with Crippen molar-refractivity contribution < 1.29 is 17.9 Å². The van der Waals surface area contributed by atoms with Crippen molar-refractivity contribution in [2.24, 2.45) is 21.2 Å². The Morgan fingerprint density at radius 2 is 2.00 bits per heavy atom. The van der Waals surface area contributed by atoms with Crippen LogP contribution in [0.4, 0.5) is 13.2 Å². The molecule has 0 saturated carbocycles. The van der Waals surface area contributed by atoms with E-state index in [1.54, 1.807) is 37.4 Å². The summed E-state index contributed by atoms with van der Waals surface area (Å²) in [4.78, 5) is 5.88. The highest BCUT2D eigenvalue weighted by Crippen LogP contribution is 2.39. The maximum absolute atomic E-state index is 13.5. The molecule has 7 nitrogen and oxygen atoms in total. The van der Waals surface area contributed by atoms with Crippen molar-refractivity contribution in [1.29, 1.82) is 0 Å². The molecule has 2 atom stereocenters. The van der Waals surface area contributed by atoms with E-state index in [-0.39, 0.29) is 18.6 Å². The number of hydrogen-bond acceptors (Lipinski definition) is 6. The van der Waals surface area contributed by atoms with Crippen molar-refractivity contribution in [3.05, 3.63) is 63.4 Å². The number of amidine groups is 1. The topological polar surface area (TPSA) is 88.5 Å². The summed E-state index contributed by atoms with van der Waals surface area (Å²) in [6.07, 6.45) is -2.31. The molecule has 1 aromatic carbocycles. The molecule has 0 bridgehead atoms. The summed E-state index contributed by atoms with van der Waals surface area (Å²) in [5, 5.41) is 11.9. The Balaban J connectivity index is 1.85. The van der Waals surface area contributed by atoms with Crippen molar-refractivity contribution in [2.75, 3.05) is 19.9 Å². The van der Waals surface area contributed by atoms with Gasteiger partial charge in [-0.25, -0.2) is 0 Å². The standard InChI is InChI=1S/C24H32BrF3N6OSi/c1-16-11-18-12-17(23(32-29)33-31-15-35-9-10-36(2,3)4)5-7-20(18)22(34(16)14-24(26,27)28)21-8-6-19(25)13-30-21/h5-8,12-13,16,22H,9-11,14-15,29H2,1-4H3/t16-,22+/m1/s1. The summed E-state index contributed by atoms with van der Waals surface area (Å²) in [7, 11) is -1.18. The quantitative estimate of drug-likeness (QED) is 0.0769. The van der Waals surface area contributed by atoms with Gasteiger partial charge < -0.3 is 10.6 Å². The van der Waals surface area contributed by atoms with Gasteiger partial charge in [-0.05, 0) is 64.6 Å². The van der Waals surface area contributed by atoms with Gasteiger partial charge in [0.15, 0.2) is 12.6 Å². The lowest BCUT2D eigenvalue weighted by Gasteiger charge is -2.42. The predicted octanol–water partition coefficient (Wildman–Crippen LogP) is 6.13. The zero-order chi connectivity index (χ0) is 26.5. The predicted molar refractivity (Wildman–Crippen MR) is 141 cm³/mol. The first-order valence-electron chi connectivity index (χ1n) is 11.7. The Hall–Kier alpha value is -2.15. The smallest absolute Gasteiger partial charge is 0.358 e. The normalized spacial score (nSPS) is 19.6. The molecular formula is C24H32BrF3N6OSi. The molecule has 0 spiro atoms. The molecule has 1 aliphatic rings. The minimum atomic E-state index is -4.34. The molecule has 2 aromatic rings. The number of ether oxygens (including phenoxy) is 1. The van der Waals surface area contributed by atoms with E-state index in [1.165, 1.54) is 4.90 Å². The van der Waals surface area contributed by atoms with E-state index in [9.17, 15) is 13.2 Å². The average molecular weight is 586 g/mol. The third-order valence-corrected chi connectivity index (χ3v) is 8.11. The van der Waals surface area contributed by atoms with Crippen LogP contribution in [-0.4, -0.2) is 55.9 Å². The van der Waals surface area contributed by atoms with Crippen LogP contribution in [0.3, 0.4) is 0 Å². The summed E-state index contributed by atoms with van der Waals surface area (Å²) in [5.74, 6) is 5.81. The van der Waals surface area contributed by atoms with Crippen molar-refractivity contribution in [2.45, 2.75) is 57.3 Å². The molecule has 196 valence electrons. The third kappa shape index (κ3) is 7.92. The van der Waals surface area contributed by atoms with E-state index < -0.39 is 26.8 Å². The summed E-state index contributed by atoms with van der Waals surface area (Å²) in [6, 6.07) is 8.98. The Morgan fingerprint density at radius 1 is 1.25 bits per heavy atom. The molecular weight excluding hydrogens is 553 g/mol. The number of pyridine rings is 1. The van der Waals surface area contributed by atoms with E-state index in [2.05, 4.69) is 55.9 Å². The van der Waals surface area contributed by atoms with E-state index in [0.29, 0.717) is 24.3 Å². The zero-order valence-corrected chi connectivity index (χ0v) is 23.5. The lowest BCUT2D eigenvalue weighted by Crippen LogP contribution is -2.47. The van der Waals surface area contributed by atoms with E-state index in [0.717, 1.165) is 21.6 Å². The lowest BCUT2D eigenvalue weighted by molar-refractivity contribution is -0.155. The maximum atomic E-state index is 13.5. The summed E-state index contributed by atoms with van der Waals surface area (Å²) in [6.45, 7) is 8.31. The van der Waals surface area contributed by atoms with Gasteiger partial charge in [-0.15, -0.1) is 5.11 Å². The van der Waals surface area contributed by atoms with Gasteiger partial charge in [-0.2, -0.15) is 23.4 Å². The Kier molecular flexibility index (Phi) is 9.42. The van der Waals surface area contributed by atoms with Gasteiger partial charge in [0, 0.05) is 37.0 Å². The SMILES string of the molecule is C[C@@H]1Cc2cc(C(N=NCOCC[Si](C)(C)C)=NN)ccc2[C@@H](c2ccc(Br)cn2)N1CC(F)(F)F. The second-order valence-electron chi connectivity index (χ2n) is 10.1. The molecule has 0 fully saturated rings. The van der Waals surface area contributed by atoms with Crippen LogP contribution in [0, 0.1) is 0 Å². The van der Waals surface area contributed by atoms with Gasteiger partial charge in [-0.3, -0.25) is 9.88 Å². The number of benzene rings is 1. The number of rotatable bonds is 8. The number of nitrogens with two attached hydrogens (primary N) is 1. The molecule has 1 aromatic heterocycles. The second kappa shape index (κ2) is 11.9. The second-order valence-corrected chi connectivity index (χ2v) is 16.6. The molecule has 12 heteroatoms. The Labute approximate surface area is 219 Å². The van der Waals surface area contributed by atoms with Crippen molar-refractivity contribution in [3.63, 3.8) is 0 Å². The van der Waals surface area contributed by atoms with Crippen LogP contribution >= 0.6 is 15.9 Å². The molecule has 0 saturated heterocycles. The van der Waals surface area contributed by atoms with Gasteiger partial charge in [-0.1, -0.05) is 31.8 Å². The highest BCUT2D eigenvalue weighted by atomic mass is 79.9. The van der Waals surface area contributed by atoms with E-state index in [4.69, 9.17) is 10.6 Å². The number of alkyl halides is 3. The van der Waals surface area contributed by atoms with Gasteiger partial charge >= 0.3 is 6.18 Å². The number of hydrogen-bond donors (Lipinski definition) is 1. The van der Waals surface area contributed by atoms with Crippen molar-refractivity contribution in [1.82, 2.24) is 9.88 Å². The van der Waals surface area contributed by atoms with Crippen LogP contribution in [0.25, 0.3) is 0 Å². The maximum Gasteiger partial charge on any atom is 0.401 e. The fourth-order valence-corrected chi connectivity index (χ4v) is 5.12. The van der Waals surface area contributed by atoms with Crippen LogP contribution in [0.2, 0.25) is 25.7 Å². The summed E-state index contributed by atoms with van der Waals surface area (Å²) >= 11 is 3.35. The van der Waals surface area contributed by atoms with Crippen LogP contribution in [0.5, 0.6) is 0 Å².